The zero-order chi connectivity index (χ0) is 3.58. The molecule has 40 valence electrons. The number of nitrogens with two attached hydrogens (primary N) is 1. The van der Waals surface area contributed by atoms with Crippen LogP contribution in [0.5, 0.6) is 0 Å². The molecule has 0 heterocycles. The van der Waals surface area contributed by atoms with Crippen LogP contribution in [-0.4, -0.2) is 4.32 Å². The molecule has 0 rings (SSSR count). The average molecular weight is 303 g/mol. The number of hydrogen-bond donors (Lipinski definition) is 1. The van der Waals surface area contributed by atoms with Crippen molar-refractivity contribution in [3.8, 4) is 0 Å². The molecule has 0 bridgehead atoms. The summed E-state index contributed by atoms with van der Waals surface area (Å²) >= 11 is 8.26. The predicted octanol–water partition coefficient (Wildman–Crippen LogP) is 0.102. The Morgan fingerprint density at radius 3 is 1.67 bits per heavy atom. The Hall–Kier alpha value is 0.850. The Morgan fingerprint density at radius 2 is 1.67 bits per heavy atom. The van der Waals surface area contributed by atoms with E-state index >= 15 is 0 Å². The van der Waals surface area contributed by atoms with E-state index in [1.165, 1.54) is 0 Å². The maximum absolute atomic E-state index is 4.66. The fourth-order valence-corrected chi connectivity index (χ4v) is 0. The molecule has 0 unspecified atom stereocenters. The van der Waals surface area contributed by atoms with Crippen LogP contribution >= 0.6 is 12.2 Å². The summed E-state index contributed by atoms with van der Waals surface area (Å²) in [5.41, 5.74) is 4.66. The van der Waals surface area contributed by atoms with Gasteiger partial charge in [-0.1, -0.05) is 11.7 Å². The standard InChI is InChI=1S/CH3NS2.CH2.Au/c2-1(3)4;;/h(H3,2,3,4);1H2;/q;;+1/p-1. The summed E-state index contributed by atoms with van der Waals surface area (Å²) in [5, 5.41) is 0. The van der Waals surface area contributed by atoms with E-state index in [2.05, 4.69) is 30.6 Å². The van der Waals surface area contributed by atoms with Crippen molar-refractivity contribution in [1.82, 2.24) is 0 Å². The van der Waals surface area contributed by atoms with E-state index < -0.39 is 0 Å². The van der Waals surface area contributed by atoms with E-state index in [0.29, 0.717) is 0 Å². The van der Waals surface area contributed by atoms with E-state index in [4.69, 9.17) is 0 Å². The predicted molar refractivity (Wildman–Crippen MR) is 29.5 cm³/mol. The van der Waals surface area contributed by atoms with Crippen molar-refractivity contribution in [3.05, 3.63) is 7.43 Å². The first kappa shape index (κ1) is 15.8. The third-order valence-electron chi connectivity index (χ3n) is 0. The first-order valence-corrected chi connectivity index (χ1v) is 1.51. The SMILES string of the molecule is NC(=S)[S-].[Au+].[CH2]. The summed E-state index contributed by atoms with van der Waals surface area (Å²) < 4.78 is 0.0833. The number of hydrogen-bond acceptors (Lipinski definition) is 2. The van der Waals surface area contributed by atoms with E-state index in [-0.39, 0.29) is 34.1 Å². The van der Waals surface area contributed by atoms with Crippen LogP contribution in [-0.2, 0) is 35.0 Å². The van der Waals surface area contributed by atoms with E-state index in [1.54, 1.807) is 0 Å². The molecule has 1 nitrogen and oxygen atoms in total. The molecule has 0 aromatic heterocycles. The molecule has 0 aliphatic carbocycles. The van der Waals surface area contributed by atoms with Crippen LogP contribution in [0.3, 0.4) is 0 Å². The van der Waals surface area contributed by atoms with Gasteiger partial charge in [-0.15, -0.1) is 0 Å². The molecule has 2 radical (unpaired) electrons. The van der Waals surface area contributed by atoms with Crippen LogP contribution in [0.25, 0.3) is 0 Å². The quantitative estimate of drug-likeness (QED) is 0.391. The first-order chi connectivity index (χ1) is 1.73. The smallest absolute Gasteiger partial charge is 0.415 e. The van der Waals surface area contributed by atoms with E-state index in [1.807, 2.05) is 0 Å². The maximum atomic E-state index is 4.66. The molecule has 0 atom stereocenters. The van der Waals surface area contributed by atoms with Gasteiger partial charge in [0.1, 0.15) is 0 Å². The van der Waals surface area contributed by atoms with Crippen LogP contribution in [0, 0.1) is 7.43 Å². The Balaban J connectivity index is -0.0000000450. The Bertz CT molecular complexity index is 34.5. The van der Waals surface area contributed by atoms with Crippen molar-refractivity contribution in [2.45, 2.75) is 0 Å². The van der Waals surface area contributed by atoms with Crippen LogP contribution in [0.1, 0.15) is 0 Å². The van der Waals surface area contributed by atoms with Crippen molar-refractivity contribution >= 4 is 29.2 Å². The molecular weight excluding hydrogens is 299 g/mol. The van der Waals surface area contributed by atoms with Crippen molar-refractivity contribution < 1.29 is 22.4 Å². The normalized spacial score (nSPS) is 4.00. The average Bonchev–Trinajstić information content (AvgIpc) is 0.811. The van der Waals surface area contributed by atoms with Crippen LogP contribution in [0.15, 0.2) is 0 Å². The molecule has 0 aliphatic heterocycles. The van der Waals surface area contributed by atoms with Gasteiger partial charge in [0.15, 0.2) is 0 Å². The zero-order valence-corrected chi connectivity index (χ0v) is 6.70. The minimum absolute atomic E-state index is 0. The van der Waals surface area contributed by atoms with Gasteiger partial charge in [0, 0.05) is 0 Å². The summed E-state index contributed by atoms with van der Waals surface area (Å²) in [5.74, 6) is 0. The molecule has 0 aliphatic rings. The van der Waals surface area contributed by atoms with Gasteiger partial charge in [0.25, 0.3) is 0 Å². The Morgan fingerprint density at radius 1 is 1.67 bits per heavy atom. The summed E-state index contributed by atoms with van der Waals surface area (Å²) in [6.45, 7) is 0. The second-order valence-electron chi connectivity index (χ2n) is 0.319. The number of rotatable bonds is 0. The van der Waals surface area contributed by atoms with Gasteiger partial charge in [-0.2, -0.15) is 0 Å². The second kappa shape index (κ2) is 9.28. The third kappa shape index (κ3) is 99.5. The van der Waals surface area contributed by atoms with Crippen molar-refractivity contribution in [2.75, 3.05) is 0 Å². The molecule has 0 amide bonds. The maximum Gasteiger partial charge on any atom is 1.00 e. The molecular formula is C2H4AuNS2. The minimum Gasteiger partial charge on any atom is -0.415 e. The minimum atomic E-state index is 0. The van der Waals surface area contributed by atoms with E-state index in [0.717, 1.165) is 0 Å². The van der Waals surface area contributed by atoms with Crippen LogP contribution in [0.2, 0.25) is 0 Å². The van der Waals surface area contributed by atoms with Gasteiger partial charge in [0.2, 0.25) is 0 Å². The zero-order valence-electron chi connectivity index (χ0n) is 2.90. The second-order valence-corrected chi connectivity index (χ2v) is 1.46. The van der Waals surface area contributed by atoms with Crippen molar-refractivity contribution in [3.63, 3.8) is 0 Å². The van der Waals surface area contributed by atoms with Crippen LogP contribution < -0.4 is 5.73 Å². The fraction of sp³-hybridized carbons (Fsp3) is 0. The molecule has 0 aromatic carbocycles. The molecule has 0 saturated carbocycles. The molecule has 0 spiro atoms. The Labute approximate surface area is 64.6 Å². The van der Waals surface area contributed by atoms with Gasteiger partial charge in [-0.25, -0.2) is 0 Å². The first-order valence-electron chi connectivity index (χ1n) is 0.697. The summed E-state index contributed by atoms with van der Waals surface area (Å²) in [6.07, 6.45) is 0. The van der Waals surface area contributed by atoms with Gasteiger partial charge < -0.3 is 30.6 Å². The molecule has 0 saturated heterocycles. The summed E-state index contributed by atoms with van der Waals surface area (Å²) in [6, 6.07) is 0. The molecule has 6 heavy (non-hydrogen) atoms. The van der Waals surface area contributed by atoms with Gasteiger partial charge >= 0.3 is 22.4 Å². The molecule has 2 N–H and O–H groups in total. The monoisotopic (exact) mass is 303 g/mol. The fourth-order valence-electron chi connectivity index (χ4n) is 0. The molecule has 0 fully saturated rings. The Kier molecular flexibility index (Phi) is 24.5. The van der Waals surface area contributed by atoms with Gasteiger partial charge in [0.05, 0.1) is 0 Å². The van der Waals surface area contributed by atoms with Gasteiger partial charge in [-0.05, 0) is 0 Å². The molecule has 4 heteroatoms. The topological polar surface area (TPSA) is 26.0 Å². The summed E-state index contributed by atoms with van der Waals surface area (Å²) in [7, 11) is 0. The van der Waals surface area contributed by atoms with Crippen molar-refractivity contribution in [1.29, 1.82) is 0 Å². The summed E-state index contributed by atoms with van der Waals surface area (Å²) in [4.78, 5) is 0. The van der Waals surface area contributed by atoms with Gasteiger partial charge in [-0.3, -0.25) is 0 Å². The molecule has 0 aromatic rings. The van der Waals surface area contributed by atoms with Crippen molar-refractivity contribution in [2.24, 2.45) is 5.73 Å². The third-order valence-corrected chi connectivity index (χ3v) is 0. The largest absolute Gasteiger partial charge is 1.00 e. The van der Waals surface area contributed by atoms with E-state index in [9.17, 15) is 0 Å². The number of thiocarbonyl (C=S) groups is 1. The van der Waals surface area contributed by atoms with Crippen LogP contribution in [0.4, 0.5) is 0 Å².